The van der Waals surface area contributed by atoms with Crippen LogP contribution < -0.4 is 0 Å². The second-order valence-corrected chi connectivity index (χ2v) is 10.5. The fraction of sp³-hybridized carbons (Fsp3) is 0.235. The highest BCUT2D eigenvalue weighted by Crippen LogP contribution is 2.22. The van der Waals surface area contributed by atoms with Gasteiger partial charge < -0.3 is 14.8 Å². The Morgan fingerprint density at radius 1 is 0.821 bits per heavy atom. The van der Waals surface area contributed by atoms with Gasteiger partial charge in [0.15, 0.2) is 0 Å². The largest absolute Gasteiger partial charge is 0.361 e. The summed E-state index contributed by atoms with van der Waals surface area (Å²) in [5.41, 5.74) is 5.15. The zero-order chi connectivity index (χ0) is 27.4. The zero-order valence-electron chi connectivity index (χ0n) is 22.9. The monoisotopic (exact) mass is 517 g/mol. The summed E-state index contributed by atoms with van der Waals surface area (Å²) >= 11 is 0. The molecule has 0 atom stereocenters. The number of benzene rings is 4. The molecular formula is C34H35N3O2. The van der Waals surface area contributed by atoms with Crippen LogP contribution in [0.3, 0.4) is 0 Å². The number of fused-ring (bicyclic) bond motifs is 2. The molecule has 5 heteroatoms. The maximum atomic E-state index is 13.9. The molecule has 1 heterocycles. The van der Waals surface area contributed by atoms with Gasteiger partial charge in [-0.25, -0.2) is 0 Å². The molecule has 0 bridgehead atoms. The third-order valence-corrected chi connectivity index (χ3v) is 7.38. The molecule has 0 aliphatic rings. The summed E-state index contributed by atoms with van der Waals surface area (Å²) in [5, 5.41) is 3.09. The lowest BCUT2D eigenvalue weighted by Gasteiger charge is -2.30. The molecule has 0 radical (unpaired) electrons. The van der Waals surface area contributed by atoms with E-state index >= 15 is 0 Å². The quantitative estimate of drug-likeness (QED) is 0.235. The molecule has 1 N–H and O–H groups in total. The highest BCUT2D eigenvalue weighted by atomic mass is 16.2. The van der Waals surface area contributed by atoms with Crippen molar-refractivity contribution < 1.29 is 9.59 Å². The van der Waals surface area contributed by atoms with E-state index < -0.39 is 0 Å². The minimum absolute atomic E-state index is 0.0272. The van der Waals surface area contributed by atoms with Gasteiger partial charge in [-0.1, -0.05) is 84.4 Å². The number of para-hydroxylation sites is 1. The molecule has 2 amide bonds. The van der Waals surface area contributed by atoms with Crippen LogP contribution in [0.25, 0.3) is 21.7 Å². The summed E-state index contributed by atoms with van der Waals surface area (Å²) in [5.74, 6) is -0.181. The van der Waals surface area contributed by atoms with Crippen molar-refractivity contribution >= 4 is 33.5 Å². The molecule has 0 unspecified atom stereocenters. The number of carbonyl (C=O) groups is 2. The van der Waals surface area contributed by atoms with Crippen molar-refractivity contribution in [3.63, 3.8) is 0 Å². The van der Waals surface area contributed by atoms with E-state index in [2.05, 4.69) is 48.3 Å². The van der Waals surface area contributed by atoms with Crippen LogP contribution in [-0.4, -0.2) is 45.7 Å². The molecule has 0 spiro atoms. The van der Waals surface area contributed by atoms with Crippen LogP contribution in [0.15, 0.2) is 97.2 Å². The van der Waals surface area contributed by atoms with E-state index in [0.717, 1.165) is 28.3 Å². The minimum Gasteiger partial charge on any atom is -0.361 e. The molecule has 0 aliphatic carbocycles. The van der Waals surface area contributed by atoms with Gasteiger partial charge in [0.2, 0.25) is 5.91 Å². The molecule has 5 rings (SSSR count). The number of nitrogens with one attached hydrogen (secondary N) is 1. The van der Waals surface area contributed by atoms with Crippen LogP contribution in [-0.2, 0) is 17.8 Å². The first-order valence-electron chi connectivity index (χ1n) is 13.6. The standard InChI is InChI=1S/C34H35N3O2/c1-24(2)37(34(39)31-13-8-10-27-9-4-5-11-29(27)31)23-33(38)36(22-26-17-15-25(3)16-18-26)20-19-28-21-35-32-14-7-6-12-30(28)32/h4-18,21,24,35H,19-20,22-23H2,1-3H3. The van der Waals surface area contributed by atoms with Gasteiger partial charge in [0.25, 0.3) is 5.91 Å². The Balaban J connectivity index is 1.39. The van der Waals surface area contributed by atoms with Crippen molar-refractivity contribution in [1.82, 2.24) is 14.8 Å². The van der Waals surface area contributed by atoms with Crippen LogP contribution in [0.2, 0.25) is 0 Å². The summed E-state index contributed by atoms with van der Waals surface area (Å²) in [4.78, 5) is 34.6. The van der Waals surface area contributed by atoms with Gasteiger partial charge in [-0.2, -0.15) is 0 Å². The Hall–Kier alpha value is -4.38. The van der Waals surface area contributed by atoms with E-state index in [1.807, 2.05) is 79.5 Å². The summed E-state index contributed by atoms with van der Waals surface area (Å²) in [6.07, 6.45) is 2.75. The summed E-state index contributed by atoms with van der Waals surface area (Å²) in [6.45, 7) is 7.07. The summed E-state index contributed by atoms with van der Waals surface area (Å²) in [7, 11) is 0. The molecule has 0 fully saturated rings. The molecule has 0 saturated carbocycles. The number of aromatic nitrogens is 1. The van der Waals surface area contributed by atoms with E-state index in [0.29, 0.717) is 18.7 Å². The molecule has 39 heavy (non-hydrogen) atoms. The average Bonchev–Trinajstić information content (AvgIpc) is 3.37. The van der Waals surface area contributed by atoms with Crippen molar-refractivity contribution in [3.8, 4) is 0 Å². The van der Waals surface area contributed by atoms with E-state index in [9.17, 15) is 9.59 Å². The lowest BCUT2D eigenvalue weighted by atomic mass is 10.0. The molecule has 5 aromatic rings. The number of hydrogen-bond donors (Lipinski definition) is 1. The van der Waals surface area contributed by atoms with Gasteiger partial charge in [-0.15, -0.1) is 0 Å². The first kappa shape index (κ1) is 26.2. The molecule has 4 aromatic carbocycles. The van der Waals surface area contributed by atoms with Gasteiger partial charge in [0, 0.05) is 41.8 Å². The maximum Gasteiger partial charge on any atom is 0.255 e. The van der Waals surface area contributed by atoms with E-state index in [1.165, 1.54) is 16.5 Å². The van der Waals surface area contributed by atoms with Crippen molar-refractivity contribution in [2.24, 2.45) is 0 Å². The number of aromatic amines is 1. The minimum atomic E-state index is -0.129. The highest BCUT2D eigenvalue weighted by Gasteiger charge is 2.26. The number of H-pyrrole nitrogens is 1. The van der Waals surface area contributed by atoms with Gasteiger partial charge in [0.1, 0.15) is 6.54 Å². The van der Waals surface area contributed by atoms with E-state index in [1.54, 1.807) is 4.90 Å². The Morgan fingerprint density at radius 3 is 2.28 bits per heavy atom. The van der Waals surface area contributed by atoms with Gasteiger partial charge >= 0.3 is 0 Å². The number of amides is 2. The number of rotatable bonds is 9. The number of aryl methyl sites for hydroxylation is 1. The maximum absolute atomic E-state index is 13.9. The molecule has 0 saturated heterocycles. The average molecular weight is 518 g/mol. The SMILES string of the molecule is Cc1ccc(CN(CCc2c[nH]c3ccccc23)C(=O)CN(C(=O)c2cccc3ccccc23)C(C)C)cc1. The predicted molar refractivity (Wildman–Crippen MR) is 159 cm³/mol. The molecular weight excluding hydrogens is 482 g/mol. The Labute approximate surface area is 230 Å². The third kappa shape index (κ3) is 5.88. The lowest BCUT2D eigenvalue weighted by Crippen LogP contribution is -2.46. The van der Waals surface area contributed by atoms with Crippen LogP contribution >= 0.6 is 0 Å². The van der Waals surface area contributed by atoms with Crippen LogP contribution in [0, 0.1) is 6.92 Å². The van der Waals surface area contributed by atoms with Crippen molar-refractivity contribution in [3.05, 3.63) is 119 Å². The normalized spacial score (nSPS) is 11.3. The fourth-order valence-electron chi connectivity index (χ4n) is 5.10. The first-order chi connectivity index (χ1) is 18.9. The highest BCUT2D eigenvalue weighted by molar-refractivity contribution is 6.07. The second-order valence-electron chi connectivity index (χ2n) is 10.5. The van der Waals surface area contributed by atoms with Gasteiger partial charge in [-0.05, 0) is 61.2 Å². The first-order valence-corrected chi connectivity index (χ1v) is 13.6. The van der Waals surface area contributed by atoms with Crippen LogP contribution in [0.1, 0.15) is 40.9 Å². The molecule has 198 valence electrons. The topological polar surface area (TPSA) is 56.4 Å². The zero-order valence-corrected chi connectivity index (χ0v) is 22.9. The van der Waals surface area contributed by atoms with Gasteiger partial charge in [-0.3, -0.25) is 9.59 Å². The van der Waals surface area contributed by atoms with Gasteiger partial charge in [0.05, 0.1) is 0 Å². The van der Waals surface area contributed by atoms with Crippen molar-refractivity contribution in [1.29, 1.82) is 0 Å². The number of hydrogen-bond acceptors (Lipinski definition) is 2. The molecule has 5 nitrogen and oxygen atoms in total. The molecule has 1 aromatic heterocycles. The van der Waals surface area contributed by atoms with Crippen LogP contribution in [0.4, 0.5) is 0 Å². The lowest BCUT2D eigenvalue weighted by molar-refractivity contribution is -0.132. The summed E-state index contributed by atoms with van der Waals surface area (Å²) < 4.78 is 0. The van der Waals surface area contributed by atoms with Crippen LogP contribution in [0.5, 0.6) is 0 Å². The van der Waals surface area contributed by atoms with E-state index in [4.69, 9.17) is 0 Å². The fourth-order valence-corrected chi connectivity index (χ4v) is 5.10. The van der Waals surface area contributed by atoms with E-state index in [-0.39, 0.29) is 24.4 Å². The Bertz CT molecular complexity index is 1590. The Kier molecular flexibility index (Phi) is 7.78. The predicted octanol–water partition coefficient (Wildman–Crippen LogP) is 6.75. The third-order valence-electron chi connectivity index (χ3n) is 7.38. The summed E-state index contributed by atoms with van der Waals surface area (Å²) in [6, 6.07) is 30.0. The smallest absolute Gasteiger partial charge is 0.255 e. The molecule has 0 aliphatic heterocycles. The van der Waals surface area contributed by atoms with Crippen molar-refractivity contribution in [2.45, 2.75) is 39.8 Å². The number of nitrogens with zero attached hydrogens (tertiary/aromatic N) is 2. The number of carbonyl (C=O) groups excluding carboxylic acids is 2. The second kappa shape index (κ2) is 11.6. The Morgan fingerprint density at radius 2 is 1.51 bits per heavy atom. The van der Waals surface area contributed by atoms with Crippen molar-refractivity contribution in [2.75, 3.05) is 13.1 Å².